The van der Waals surface area contributed by atoms with Crippen molar-refractivity contribution < 1.29 is 4.74 Å². The van der Waals surface area contributed by atoms with Gasteiger partial charge in [0.25, 0.3) is 0 Å². The Bertz CT molecular complexity index is 485. The zero-order valence-corrected chi connectivity index (χ0v) is 10.3. The van der Waals surface area contributed by atoms with Crippen molar-refractivity contribution in [1.29, 1.82) is 0 Å². The fourth-order valence-corrected chi connectivity index (χ4v) is 3.58. The summed E-state index contributed by atoms with van der Waals surface area (Å²) in [4.78, 5) is 0. The van der Waals surface area contributed by atoms with Crippen molar-refractivity contribution in [2.45, 2.75) is 24.6 Å². The molecule has 4 unspecified atom stereocenters. The number of hydrogen-bond acceptors (Lipinski definition) is 3. The second-order valence-corrected chi connectivity index (χ2v) is 5.34. The molecule has 0 aromatic heterocycles. The van der Waals surface area contributed by atoms with Crippen LogP contribution >= 0.6 is 0 Å². The lowest BCUT2D eigenvalue weighted by Crippen LogP contribution is -2.48. The summed E-state index contributed by atoms with van der Waals surface area (Å²) in [6.07, 6.45) is 5.96. The standard InChI is InChI=1S/C15H18N2O/c1-2-5-11-10(4-1)15-14-12(17-11)6-3-7-13(14)18-9-8-16-15/h1-6,12-17H,7-9H2. The Kier molecular flexibility index (Phi) is 2.42. The smallest absolute Gasteiger partial charge is 0.0679 e. The number of anilines is 1. The maximum atomic E-state index is 6.00. The molecule has 1 saturated heterocycles. The van der Waals surface area contributed by atoms with Gasteiger partial charge in [-0.2, -0.15) is 0 Å². The summed E-state index contributed by atoms with van der Waals surface area (Å²) in [5.41, 5.74) is 2.66. The molecule has 0 amide bonds. The number of ether oxygens (including phenoxy) is 1. The predicted molar refractivity (Wildman–Crippen MR) is 71.6 cm³/mol. The highest BCUT2D eigenvalue weighted by Gasteiger charge is 2.42. The Labute approximate surface area is 107 Å². The zero-order chi connectivity index (χ0) is 11.9. The van der Waals surface area contributed by atoms with Crippen molar-refractivity contribution in [3.05, 3.63) is 42.0 Å². The Morgan fingerprint density at radius 1 is 1.22 bits per heavy atom. The highest BCUT2D eigenvalue weighted by molar-refractivity contribution is 5.57. The fourth-order valence-electron chi connectivity index (χ4n) is 3.58. The normalized spacial score (nSPS) is 37.1. The Morgan fingerprint density at radius 3 is 3.17 bits per heavy atom. The molecular weight excluding hydrogens is 224 g/mol. The molecule has 2 aliphatic heterocycles. The molecule has 0 bridgehead atoms. The van der Waals surface area contributed by atoms with E-state index < -0.39 is 0 Å². The Hall–Kier alpha value is -1.32. The maximum absolute atomic E-state index is 6.00. The van der Waals surface area contributed by atoms with Gasteiger partial charge in [-0.3, -0.25) is 0 Å². The van der Waals surface area contributed by atoms with E-state index in [0.29, 0.717) is 24.1 Å². The molecule has 3 aliphatic rings. The molecule has 94 valence electrons. The first-order valence-electron chi connectivity index (χ1n) is 6.80. The monoisotopic (exact) mass is 242 g/mol. The van der Waals surface area contributed by atoms with Crippen LogP contribution in [0.3, 0.4) is 0 Å². The van der Waals surface area contributed by atoms with Crippen LogP contribution in [0.5, 0.6) is 0 Å². The van der Waals surface area contributed by atoms with E-state index in [1.807, 2.05) is 0 Å². The second-order valence-electron chi connectivity index (χ2n) is 5.34. The van der Waals surface area contributed by atoms with E-state index >= 15 is 0 Å². The van der Waals surface area contributed by atoms with Crippen LogP contribution < -0.4 is 10.6 Å². The first-order valence-corrected chi connectivity index (χ1v) is 6.80. The van der Waals surface area contributed by atoms with Gasteiger partial charge in [-0.15, -0.1) is 0 Å². The van der Waals surface area contributed by atoms with Gasteiger partial charge in [-0.05, 0) is 18.1 Å². The van der Waals surface area contributed by atoms with Gasteiger partial charge in [-0.1, -0.05) is 30.4 Å². The molecule has 1 aromatic carbocycles. The Morgan fingerprint density at radius 2 is 2.17 bits per heavy atom. The van der Waals surface area contributed by atoms with Gasteiger partial charge in [0.2, 0.25) is 0 Å². The van der Waals surface area contributed by atoms with E-state index in [2.05, 4.69) is 47.1 Å². The summed E-state index contributed by atoms with van der Waals surface area (Å²) in [7, 11) is 0. The third-order valence-corrected chi connectivity index (χ3v) is 4.36. The van der Waals surface area contributed by atoms with Gasteiger partial charge in [0.1, 0.15) is 0 Å². The van der Waals surface area contributed by atoms with E-state index in [4.69, 9.17) is 4.74 Å². The van der Waals surface area contributed by atoms with Crippen molar-refractivity contribution in [3.63, 3.8) is 0 Å². The molecule has 3 nitrogen and oxygen atoms in total. The molecule has 3 heteroatoms. The Balaban J connectivity index is 1.82. The highest BCUT2D eigenvalue weighted by Crippen LogP contribution is 2.42. The van der Waals surface area contributed by atoms with Crippen LogP contribution in [0, 0.1) is 5.92 Å². The SMILES string of the molecule is C1=CC2Nc3ccccc3C3NCCOC(C1)C23. The van der Waals surface area contributed by atoms with Crippen LogP contribution in [0.15, 0.2) is 36.4 Å². The van der Waals surface area contributed by atoms with Gasteiger partial charge < -0.3 is 15.4 Å². The van der Waals surface area contributed by atoms with E-state index in [0.717, 1.165) is 19.6 Å². The zero-order valence-electron chi connectivity index (χ0n) is 10.3. The van der Waals surface area contributed by atoms with Gasteiger partial charge in [-0.25, -0.2) is 0 Å². The molecule has 0 saturated carbocycles. The lowest BCUT2D eigenvalue weighted by atomic mass is 9.75. The summed E-state index contributed by atoms with van der Waals surface area (Å²) < 4.78 is 6.00. The van der Waals surface area contributed by atoms with Crippen LogP contribution in [0.1, 0.15) is 18.0 Å². The van der Waals surface area contributed by atoms with Crippen LogP contribution in [-0.4, -0.2) is 25.3 Å². The van der Waals surface area contributed by atoms with Crippen LogP contribution in [0.25, 0.3) is 0 Å². The number of nitrogens with one attached hydrogen (secondary N) is 2. The molecule has 4 atom stereocenters. The van der Waals surface area contributed by atoms with Crippen molar-refractivity contribution in [2.75, 3.05) is 18.5 Å². The van der Waals surface area contributed by atoms with E-state index in [9.17, 15) is 0 Å². The molecule has 1 fully saturated rings. The van der Waals surface area contributed by atoms with Gasteiger partial charge in [0, 0.05) is 24.2 Å². The van der Waals surface area contributed by atoms with Crippen LogP contribution in [0.4, 0.5) is 5.69 Å². The summed E-state index contributed by atoms with van der Waals surface area (Å²) in [6.45, 7) is 1.76. The van der Waals surface area contributed by atoms with E-state index in [1.54, 1.807) is 0 Å². The van der Waals surface area contributed by atoms with E-state index in [1.165, 1.54) is 11.3 Å². The molecule has 2 heterocycles. The molecule has 2 N–H and O–H groups in total. The van der Waals surface area contributed by atoms with Crippen molar-refractivity contribution in [2.24, 2.45) is 5.92 Å². The molecule has 0 radical (unpaired) electrons. The highest BCUT2D eigenvalue weighted by atomic mass is 16.5. The third kappa shape index (κ3) is 1.51. The predicted octanol–water partition coefficient (Wildman–Crippen LogP) is 2.09. The molecule has 1 aromatic rings. The van der Waals surface area contributed by atoms with Crippen molar-refractivity contribution in [1.82, 2.24) is 5.32 Å². The van der Waals surface area contributed by atoms with E-state index in [-0.39, 0.29) is 0 Å². The average molecular weight is 242 g/mol. The van der Waals surface area contributed by atoms with Crippen LogP contribution in [-0.2, 0) is 4.74 Å². The van der Waals surface area contributed by atoms with Crippen molar-refractivity contribution in [3.8, 4) is 0 Å². The first kappa shape index (κ1) is 10.6. The third-order valence-electron chi connectivity index (χ3n) is 4.36. The molecular formula is C15H18N2O. The minimum absolute atomic E-state index is 0.348. The fraction of sp³-hybridized carbons (Fsp3) is 0.467. The summed E-state index contributed by atoms with van der Waals surface area (Å²) in [6, 6.07) is 9.46. The largest absolute Gasteiger partial charge is 0.378 e. The number of rotatable bonds is 0. The first-order chi connectivity index (χ1) is 8.93. The quantitative estimate of drug-likeness (QED) is 0.683. The topological polar surface area (TPSA) is 33.3 Å². The average Bonchev–Trinajstić information content (AvgIpc) is 2.63. The van der Waals surface area contributed by atoms with Gasteiger partial charge >= 0.3 is 0 Å². The van der Waals surface area contributed by atoms with Gasteiger partial charge in [0.05, 0.1) is 18.8 Å². The molecule has 1 aliphatic carbocycles. The molecule has 18 heavy (non-hydrogen) atoms. The number of fused-ring (bicyclic) bond motifs is 2. The number of benzene rings is 1. The second kappa shape index (κ2) is 4.11. The number of para-hydroxylation sites is 1. The van der Waals surface area contributed by atoms with Crippen LogP contribution in [0.2, 0.25) is 0 Å². The lowest BCUT2D eigenvalue weighted by molar-refractivity contribution is 0.0190. The molecule has 4 rings (SSSR count). The summed E-state index contributed by atoms with van der Waals surface area (Å²) >= 11 is 0. The minimum Gasteiger partial charge on any atom is -0.378 e. The minimum atomic E-state index is 0.348. The summed E-state index contributed by atoms with van der Waals surface area (Å²) in [5.74, 6) is 0.507. The van der Waals surface area contributed by atoms with Gasteiger partial charge in [0.15, 0.2) is 0 Å². The lowest BCUT2D eigenvalue weighted by Gasteiger charge is -2.43. The maximum Gasteiger partial charge on any atom is 0.0679 e. The summed E-state index contributed by atoms with van der Waals surface area (Å²) in [5, 5.41) is 7.32. The number of hydrogen-bond donors (Lipinski definition) is 2. The van der Waals surface area contributed by atoms with Crippen molar-refractivity contribution >= 4 is 5.69 Å². The molecule has 0 spiro atoms.